The molecule has 1 aromatic carbocycles. The molecule has 1 atom stereocenters. The highest BCUT2D eigenvalue weighted by Crippen LogP contribution is 2.30. The third-order valence-corrected chi connectivity index (χ3v) is 6.60. The highest BCUT2D eigenvalue weighted by atomic mass is 16.2. The first-order chi connectivity index (χ1) is 16.0. The molecule has 3 amide bonds. The molecule has 1 unspecified atom stereocenters. The fourth-order valence-corrected chi connectivity index (χ4v) is 4.75. The molecule has 2 saturated heterocycles. The van der Waals surface area contributed by atoms with E-state index in [1.807, 2.05) is 25.1 Å². The minimum Gasteiger partial charge on any atom is -0.356 e. The monoisotopic (exact) mass is 443 g/mol. The van der Waals surface area contributed by atoms with Crippen molar-refractivity contribution in [2.45, 2.75) is 45.2 Å². The summed E-state index contributed by atoms with van der Waals surface area (Å²) in [5.41, 5.74) is 3.26. The number of nitrogens with one attached hydrogen (secondary N) is 1. The number of carbonyl (C=O) groups is 3. The van der Waals surface area contributed by atoms with E-state index in [1.165, 1.54) is 0 Å². The van der Waals surface area contributed by atoms with Crippen LogP contribution in [0.15, 0.2) is 30.6 Å². The molecule has 0 spiro atoms. The molecule has 5 rings (SSSR count). The van der Waals surface area contributed by atoms with Gasteiger partial charge in [-0.3, -0.25) is 19.7 Å². The maximum atomic E-state index is 13.0. The third kappa shape index (κ3) is 4.19. The van der Waals surface area contributed by atoms with Gasteiger partial charge in [0.25, 0.3) is 5.91 Å². The number of amides is 3. The Hall–Kier alpha value is -3.73. The van der Waals surface area contributed by atoms with Crippen LogP contribution in [0.5, 0.6) is 0 Å². The quantitative estimate of drug-likeness (QED) is 0.562. The van der Waals surface area contributed by atoms with Crippen LogP contribution in [0.2, 0.25) is 0 Å². The van der Waals surface area contributed by atoms with Crippen LogP contribution in [0, 0.1) is 24.7 Å². The zero-order chi connectivity index (χ0) is 22.9. The smallest absolute Gasteiger partial charge is 0.255 e. The number of piperidine rings is 2. The Morgan fingerprint density at radius 3 is 2.67 bits per heavy atom. The van der Waals surface area contributed by atoms with Gasteiger partial charge in [-0.1, -0.05) is 17.9 Å². The van der Waals surface area contributed by atoms with Crippen LogP contribution in [0.25, 0.3) is 0 Å². The average molecular weight is 444 g/mol. The van der Waals surface area contributed by atoms with Crippen LogP contribution in [-0.2, 0) is 16.1 Å². The van der Waals surface area contributed by atoms with Gasteiger partial charge in [0.2, 0.25) is 11.8 Å². The molecule has 1 aromatic heterocycles. The fourth-order valence-electron chi connectivity index (χ4n) is 4.75. The van der Waals surface area contributed by atoms with E-state index < -0.39 is 11.9 Å². The van der Waals surface area contributed by atoms with Crippen LogP contribution >= 0.6 is 0 Å². The Morgan fingerprint density at radius 2 is 1.91 bits per heavy atom. The molecule has 0 bridgehead atoms. The minimum absolute atomic E-state index is 0.170. The van der Waals surface area contributed by atoms with Crippen LogP contribution in [0.1, 0.15) is 52.9 Å². The van der Waals surface area contributed by atoms with E-state index in [0.29, 0.717) is 18.5 Å². The second-order valence-electron chi connectivity index (χ2n) is 8.78. The van der Waals surface area contributed by atoms with E-state index in [2.05, 4.69) is 32.0 Å². The third-order valence-electron chi connectivity index (χ3n) is 6.60. The van der Waals surface area contributed by atoms with Crippen molar-refractivity contribution < 1.29 is 14.4 Å². The number of rotatable bonds is 2. The van der Waals surface area contributed by atoms with Crippen molar-refractivity contribution in [1.29, 1.82) is 0 Å². The second-order valence-corrected chi connectivity index (χ2v) is 8.78. The van der Waals surface area contributed by atoms with Crippen LogP contribution in [-0.4, -0.2) is 51.7 Å². The van der Waals surface area contributed by atoms with E-state index in [9.17, 15) is 14.4 Å². The molecule has 1 N–H and O–H groups in total. The molecule has 2 fully saturated rings. The zero-order valence-electron chi connectivity index (χ0n) is 18.5. The lowest BCUT2D eigenvalue weighted by Crippen LogP contribution is -2.52. The molecule has 8 heteroatoms. The number of hydrogen-bond donors (Lipinski definition) is 1. The molecular weight excluding hydrogens is 418 g/mol. The van der Waals surface area contributed by atoms with Crippen molar-refractivity contribution in [3.8, 4) is 11.8 Å². The number of anilines is 1. The van der Waals surface area contributed by atoms with E-state index >= 15 is 0 Å². The van der Waals surface area contributed by atoms with Gasteiger partial charge in [-0.25, -0.2) is 9.97 Å². The van der Waals surface area contributed by atoms with Crippen molar-refractivity contribution in [3.05, 3.63) is 53.0 Å². The Bertz CT molecular complexity index is 1190. The summed E-state index contributed by atoms with van der Waals surface area (Å²) in [6, 6.07) is 6.96. The highest BCUT2D eigenvalue weighted by Gasteiger charge is 2.39. The van der Waals surface area contributed by atoms with Gasteiger partial charge in [0, 0.05) is 54.9 Å². The maximum absolute atomic E-state index is 13.0. The van der Waals surface area contributed by atoms with Crippen LogP contribution < -0.4 is 10.2 Å². The summed E-state index contributed by atoms with van der Waals surface area (Å²) < 4.78 is 0. The predicted molar refractivity (Wildman–Crippen MR) is 121 cm³/mol. The van der Waals surface area contributed by atoms with Crippen molar-refractivity contribution in [2.24, 2.45) is 5.92 Å². The molecule has 0 radical (unpaired) electrons. The van der Waals surface area contributed by atoms with Gasteiger partial charge in [-0.2, -0.15) is 0 Å². The summed E-state index contributed by atoms with van der Waals surface area (Å²) in [6.07, 6.45) is 4.11. The van der Waals surface area contributed by atoms with Crippen molar-refractivity contribution in [2.75, 3.05) is 18.0 Å². The first kappa shape index (κ1) is 21.1. The average Bonchev–Trinajstić information content (AvgIpc) is 3.15. The normalized spacial score (nSPS) is 20.9. The van der Waals surface area contributed by atoms with E-state index in [0.717, 1.165) is 48.6 Å². The topological polar surface area (TPSA) is 95.5 Å². The Labute approximate surface area is 192 Å². The zero-order valence-corrected chi connectivity index (χ0v) is 18.5. The molecule has 3 aliphatic heterocycles. The van der Waals surface area contributed by atoms with E-state index in [4.69, 9.17) is 0 Å². The standard InChI is InChI=1S/C25H25N5O3/c1-16-13-22(27-15-26-16)29-11-9-17(10-12-29)5-6-18-3-2-4-19-20(18)14-30(25(19)33)21-7-8-23(31)28-24(21)32/h2-4,13,15,17,21H,7-12,14H2,1H3,(H,28,31,32). The van der Waals surface area contributed by atoms with Crippen LogP contribution in [0.4, 0.5) is 5.82 Å². The van der Waals surface area contributed by atoms with Gasteiger partial charge in [0.05, 0.1) is 0 Å². The Balaban J connectivity index is 1.28. The molecule has 0 saturated carbocycles. The molecular formula is C25H25N5O3. The lowest BCUT2D eigenvalue weighted by Gasteiger charge is -2.30. The molecule has 2 aromatic rings. The predicted octanol–water partition coefficient (Wildman–Crippen LogP) is 1.81. The van der Waals surface area contributed by atoms with Crippen LogP contribution in [0.3, 0.4) is 0 Å². The molecule has 8 nitrogen and oxygen atoms in total. The lowest BCUT2D eigenvalue weighted by molar-refractivity contribution is -0.136. The minimum atomic E-state index is -0.613. The van der Waals surface area contributed by atoms with E-state index in [1.54, 1.807) is 17.3 Å². The largest absolute Gasteiger partial charge is 0.356 e. The number of imide groups is 1. The van der Waals surface area contributed by atoms with Crippen molar-refractivity contribution in [3.63, 3.8) is 0 Å². The first-order valence-electron chi connectivity index (χ1n) is 11.3. The number of carbonyl (C=O) groups excluding carboxylic acids is 3. The lowest BCUT2D eigenvalue weighted by atomic mass is 9.96. The number of nitrogens with zero attached hydrogens (tertiary/aromatic N) is 4. The Morgan fingerprint density at radius 1 is 1.09 bits per heavy atom. The SMILES string of the molecule is Cc1cc(N2CCC(C#Cc3cccc4c3CN(C3CCC(=O)NC3=O)C4=O)CC2)ncn1. The number of hydrogen-bond acceptors (Lipinski definition) is 6. The van der Waals surface area contributed by atoms with Gasteiger partial charge in [-0.05, 0) is 43.9 Å². The molecule has 33 heavy (non-hydrogen) atoms. The second kappa shape index (κ2) is 8.66. The summed E-state index contributed by atoms with van der Waals surface area (Å²) in [6.45, 7) is 4.10. The van der Waals surface area contributed by atoms with Gasteiger partial charge in [-0.15, -0.1) is 0 Å². The fraction of sp³-hybridized carbons (Fsp3) is 0.400. The summed E-state index contributed by atoms with van der Waals surface area (Å²) in [5, 5.41) is 2.34. The summed E-state index contributed by atoms with van der Waals surface area (Å²) in [5.74, 6) is 7.11. The molecule has 4 heterocycles. The van der Waals surface area contributed by atoms with E-state index in [-0.39, 0.29) is 24.2 Å². The summed E-state index contributed by atoms with van der Waals surface area (Å²) >= 11 is 0. The molecule has 3 aliphatic rings. The van der Waals surface area contributed by atoms with Gasteiger partial charge in [0.15, 0.2) is 0 Å². The Kier molecular flexibility index (Phi) is 5.55. The number of fused-ring (bicyclic) bond motifs is 1. The summed E-state index contributed by atoms with van der Waals surface area (Å²) in [4.78, 5) is 49.1. The van der Waals surface area contributed by atoms with Gasteiger partial charge >= 0.3 is 0 Å². The number of aryl methyl sites for hydroxylation is 1. The number of benzene rings is 1. The van der Waals surface area contributed by atoms with Gasteiger partial charge < -0.3 is 9.80 Å². The highest BCUT2D eigenvalue weighted by molar-refractivity contribution is 6.05. The summed E-state index contributed by atoms with van der Waals surface area (Å²) in [7, 11) is 0. The maximum Gasteiger partial charge on any atom is 0.255 e. The van der Waals surface area contributed by atoms with Crippen molar-refractivity contribution in [1.82, 2.24) is 20.2 Å². The van der Waals surface area contributed by atoms with Gasteiger partial charge in [0.1, 0.15) is 18.2 Å². The van der Waals surface area contributed by atoms with Crippen molar-refractivity contribution >= 4 is 23.5 Å². The molecule has 0 aliphatic carbocycles. The molecule has 168 valence electrons. The number of aromatic nitrogens is 2. The first-order valence-corrected chi connectivity index (χ1v) is 11.3.